The molecule has 0 bridgehead atoms. The van der Waals surface area contributed by atoms with Gasteiger partial charge in [0.1, 0.15) is 0 Å². The van der Waals surface area contributed by atoms with Crippen molar-refractivity contribution in [3.63, 3.8) is 0 Å². The van der Waals surface area contributed by atoms with Crippen LogP contribution in [0.4, 0.5) is 11.4 Å². The topological polar surface area (TPSA) is 118 Å². The van der Waals surface area contributed by atoms with E-state index in [1.54, 1.807) is 53.0 Å². The molecule has 2 aromatic carbocycles. The second-order valence-corrected chi connectivity index (χ2v) is 9.18. The fourth-order valence-corrected chi connectivity index (χ4v) is 4.24. The van der Waals surface area contributed by atoms with E-state index in [0.29, 0.717) is 23.0 Å². The number of carbonyl (C=O) groups is 1. The number of nitrogens with one attached hydrogen (secondary N) is 2. The lowest BCUT2D eigenvalue weighted by atomic mass is 10.2. The van der Waals surface area contributed by atoms with Crippen LogP contribution in [0, 0.1) is 20.8 Å². The minimum absolute atomic E-state index is 0.0103. The zero-order chi connectivity index (χ0) is 22.9. The lowest BCUT2D eigenvalue weighted by Gasteiger charge is -2.09. The summed E-state index contributed by atoms with van der Waals surface area (Å²) in [5.41, 5.74) is 3.61. The van der Waals surface area contributed by atoms with E-state index in [0.717, 1.165) is 17.0 Å². The SMILES string of the molecule is Cc1ccc(S(=O)(=O)Nc2ccc(NC(=O)Cc3nc4nc(C)cc(C)n4n3)cc2)cc1. The molecule has 0 unspecified atom stereocenters. The number of fused-ring (bicyclic) bond motifs is 1. The summed E-state index contributed by atoms with van der Waals surface area (Å²) < 4.78 is 29.1. The Labute approximate surface area is 185 Å². The molecule has 9 nitrogen and oxygen atoms in total. The van der Waals surface area contributed by atoms with Crippen molar-refractivity contribution < 1.29 is 13.2 Å². The van der Waals surface area contributed by atoms with E-state index in [9.17, 15) is 13.2 Å². The second kappa shape index (κ2) is 8.39. The third-order valence-corrected chi connectivity index (χ3v) is 6.13. The average Bonchev–Trinajstić information content (AvgIpc) is 3.12. The van der Waals surface area contributed by atoms with E-state index in [1.165, 1.54) is 0 Å². The van der Waals surface area contributed by atoms with Crippen molar-refractivity contribution >= 4 is 33.1 Å². The molecule has 164 valence electrons. The number of hydrogen-bond donors (Lipinski definition) is 2. The summed E-state index contributed by atoms with van der Waals surface area (Å²) in [6, 6.07) is 14.9. The lowest BCUT2D eigenvalue weighted by Crippen LogP contribution is -2.16. The summed E-state index contributed by atoms with van der Waals surface area (Å²) in [5.74, 6) is 0.532. The van der Waals surface area contributed by atoms with Crippen molar-refractivity contribution in [1.29, 1.82) is 0 Å². The molecule has 0 radical (unpaired) electrons. The van der Waals surface area contributed by atoms with Gasteiger partial charge < -0.3 is 5.32 Å². The number of aryl methyl sites for hydroxylation is 3. The van der Waals surface area contributed by atoms with Gasteiger partial charge in [0.15, 0.2) is 5.82 Å². The Balaban J connectivity index is 1.40. The maximum Gasteiger partial charge on any atom is 0.261 e. The van der Waals surface area contributed by atoms with E-state index < -0.39 is 10.0 Å². The van der Waals surface area contributed by atoms with Gasteiger partial charge in [-0.15, -0.1) is 5.10 Å². The summed E-state index contributed by atoms with van der Waals surface area (Å²) in [5, 5.41) is 7.09. The molecule has 0 atom stereocenters. The van der Waals surface area contributed by atoms with Crippen LogP contribution in [0.1, 0.15) is 22.8 Å². The van der Waals surface area contributed by atoms with Crippen LogP contribution in [0.25, 0.3) is 5.78 Å². The quantitative estimate of drug-likeness (QED) is 0.466. The molecular formula is C22H22N6O3S. The minimum Gasteiger partial charge on any atom is -0.326 e. The summed E-state index contributed by atoms with van der Waals surface area (Å²) in [4.78, 5) is 21.2. The van der Waals surface area contributed by atoms with Crippen LogP contribution in [-0.4, -0.2) is 33.9 Å². The number of aromatic nitrogens is 4. The minimum atomic E-state index is -3.69. The van der Waals surface area contributed by atoms with Crippen molar-refractivity contribution in [3.8, 4) is 0 Å². The summed E-state index contributed by atoms with van der Waals surface area (Å²) >= 11 is 0. The number of amides is 1. The molecule has 4 rings (SSSR count). The first-order valence-corrected chi connectivity index (χ1v) is 11.4. The Morgan fingerprint density at radius 2 is 1.59 bits per heavy atom. The van der Waals surface area contributed by atoms with Crippen LogP contribution in [0.15, 0.2) is 59.5 Å². The number of nitrogens with zero attached hydrogens (tertiary/aromatic N) is 4. The first kappa shape index (κ1) is 21.4. The number of rotatable bonds is 6. The average molecular weight is 451 g/mol. The Morgan fingerprint density at radius 1 is 0.938 bits per heavy atom. The Bertz CT molecular complexity index is 1390. The normalized spacial score (nSPS) is 11.5. The second-order valence-electron chi connectivity index (χ2n) is 7.50. The number of sulfonamides is 1. The van der Waals surface area contributed by atoms with Crippen molar-refractivity contribution in [3.05, 3.63) is 77.4 Å². The third-order valence-electron chi connectivity index (χ3n) is 4.73. The molecule has 2 heterocycles. The molecule has 0 spiro atoms. The van der Waals surface area contributed by atoms with Crippen LogP contribution < -0.4 is 10.0 Å². The largest absolute Gasteiger partial charge is 0.326 e. The van der Waals surface area contributed by atoms with Gasteiger partial charge in [0.2, 0.25) is 5.91 Å². The van der Waals surface area contributed by atoms with E-state index in [1.807, 2.05) is 26.8 Å². The zero-order valence-corrected chi connectivity index (χ0v) is 18.6. The van der Waals surface area contributed by atoms with Gasteiger partial charge in [0.05, 0.1) is 11.3 Å². The maximum atomic E-state index is 12.5. The molecular weight excluding hydrogens is 428 g/mol. The van der Waals surface area contributed by atoms with E-state index >= 15 is 0 Å². The van der Waals surface area contributed by atoms with Crippen molar-refractivity contribution in [2.75, 3.05) is 10.0 Å². The molecule has 10 heteroatoms. The molecule has 0 saturated carbocycles. The van der Waals surface area contributed by atoms with Crippen LogP contribution >= 0.6 is 0 Å². The molecule has 2 aromatic heterocycles. The fourth-order valence-electron chi connectivity index (χ4n) is 3.18. The van der Waals surface area contributed by atoms with Crippen molar-refractivity contribution in [1.82, 2.24) is 19.6 Å². The van der Waals surface area contributed by atoms with Gasteiger partial charge in [0, 0.05) is 22.8 Å². The van der Waals surface area contributed by atoms with Crippen LogP contribution in [-0.2, 0) is 21.2 Å². The molecule has 32 heavy (non-hydrogen) atoms. The molecule has 0 aliphatic rings. The van der Waals surface area contributed by atoms with Crippen LogP contribution in [0.5, 0.6) is 0 Å². The van der Waals surface area contributed by atoms with E-state index in [4.69, 9.17) is 0 Å². The van der Waals surface area contributed by atoms with Gasteiger partial charge in [0.25, 0.3) is 15.8 Å². The van der Waals surface area contributed by atoms with E-state index in [2.05, 4.69) is 25.1 Å². The van der Waals surface area contributed by atoms with Gasteiger partial charge in [-0.3, -0.25) is 9.52 Å². The first-order valence-electron chi connectivity index (χ1n) is 9.89. The predicted octanol–water partition coefficient (Wildman–Crippen LogP) is 3.03. The maximum absolute atomic E-state index is 12.5. The lowest BCUT2D eigenvalue weighted by molar-refractivity contribution is -0.115. The van der Waals surface area contributed by atoms with Crippen LogP contribution in [0.2, 0.25) is 0 Å². The smallest absolute Gasteiger partial charge is 0.261 e. The highest BCUT2D eigenvalue weighted by Gasteiger charge is 2.15. The Morgan fingerprint density at radius 3 is 2.28 bits per heavy atom. The first-order chi connectivity index (χ1) is 15.2. The van der Waals surface area contributed by atoms with Gasteiger partial charge in [-0.1, -0.05) is 17.7 Å². The number of benzene rings is 2. The van der Waals surface area contributed by atoms with Gasteiger partial charge >= 0.3 is 0 Å². The van der Waals surface area contributed by atoms with Crippen molar-refractivity contribution in [2.45, 2.75) is 32.1 Å². The standard InChI is InChI=1S/C22H22N6O3S/c1-14-4-10-19(11-5-14)32(30,31)27-18-8-6-17(7-9-18)24-21(29)13-20-25-22-23-15(2)12-16(3)28(22)26-20/h4-12,27H,13H2,1-3H3,(H,24,29). The molecule has 0 aliphatic carbocycles. The highest BCUT2D eigenvalue weighted by atomic mass is 32.2. The van der Waals surface area contributed by atoms with Crippen molar-refractivity contribution in [2.24, 2.45) is 0 Å². The summed E-state index contributed by atoms with van der Waals surface area (Å²) in [6.07, 6.45) is -0.0103. The van der Waals surface area contributed by atoms with Crippen LogP contribution in [0.3, 0.4) is 0 Å². The molecule has 0 aliphatic heterocycles. The fraction of sp³-hybridized carbons (Fsp3) is 0.182. The summed E-state index contributed by atoms with van der Waals surface area (Å²) in [6.45, 7) is 5.66. The zero-order valence-electron chi connectivity index (χ0n) is 17.8. The number of carbonyl (C=O) groups excluding carboxylic acids is 1. The monoisotopic (exact) mass is 450 g/mol. The Hall–Kier alpha value is -3.79. The summed E-state index contributed by atoms with van der Waals surface area (Å²) in [7, 11) is -3.69. The molecule has 2 N–H and O–H groups in total. The van der Waals surface area contributed by atoms with E-state index in [-0.39, 0.29) is 17.2 Å². The molecule has 1 amide bonds. The molecule has 0 fully saturated rings. The number of anilines is 2. The van der Waals surface area contributed by atoms with Gasteiger partial charge in [-0.2, -0.15) is 4.98 Å². The predicted molar refractivity (Wildman–Crippen MR) is 121 cm³/mol. The van der Waals surface area contributed by atoms with Gasteiger partial charge in [-0.05, 0) is 63.2 Å². The number of hydrogen-bond acceptors (Lipinski definition) is 6. The molecule has 0 saturated heterocycles. The molecule has 4 aromatic rings. The Kier molecular flexibility index (Phi) is 5.62. The third kappa shape index (κ3) is 4.75. The highest BCUT2D eigenvalue weighted by Crippen LogP contribution is 2.19. The van der Waals surface area contributed by atoms with Gasteiger partial charge in [-0.25, -0.2) is 17.9 Å². The highest BCUT2D eigenvalue weighted by molar-refractivity contribution is 7.92.